The smallest absolute Gasteiger partial charge is 0.151 e. The number of alkyl halides is 1. The predicted molar refractivity (Wildman–Crippen MR) is 79.6 cm³/mol. The zero-order chi connectivity index (χ0) is 14.1. The summed E-state index contributed by atoms with van der Waals surface area (Å²) in [5, 5.41) is -0.222. The first-order valence-electron chi connectivity index (χ1n) is 7.18. The number of hydrogen-bond acceptors (Lipinski definition) is 2. The van der Waals surface area contributed by atoms with E-state index in [1.165, 1.54) is 18.9 Å². The van der Waals surface area contributed by atoms with Crippen molar-refractivity contribution in [1.29, 1.82) is 0 Å². The topological polar surface area (TPSA) is 21.1 Å². The van der Waals surface area contributed by atoms with Crippen LogP contribution >= 0.6 is 11.6 Å². The fraction of sp³-hybridized carbons (Fsp3) is 0.533. The largest absolute Gasteiger partial charge is 0.325 e. The van der Waals surface area contributed by atoms with Gasteiger partial charge in [-0.25, -0.2) is 9.37 Å². The molecule has 108 valence electrons. The second kappa shape index (κ2) is 5.70. The van der Waals surface area contributed by atoms with E-state index in [2.05, 4.69) is 14.5 Å². The summed E-state index contributed by atoms with van der Waals surface area (Å²) in [6.07, 6.45) is 2.55. The maximum atomic E-state index is 13.9. The maximum absolute atomic E-state index is 13.9. The zero-order valence-electron chi connectivity index (χ0n) is 11.6. The quantitative estimate of drug-likeness (QED) is 0.804. The Morgan fingerprint density at radius 1 is 1.30 bits per heavy atom. The molecule has 1 fully saturated rings. The minimum absolute atomic E-state index is 0.222. The van der Waals surface area contributed by atoms with E-state index in [-0.39, 0.29) is 11.2 Å². The van der Waals surface area contributed by atoms with Crippen molar-refractivity contribution < 1.29 is 4.39 Å². The Labute approximate surface area is 123 Å². The van der Waals surface area contributed by atoms with Crippen LogP contribution in [-0.2, 0) is 6.54 Å². The third-order valence-corrected chi connectivity index (χ3v) is 4.15. The van der Waals surface area contributed by atoms with Crippen LogP contribution in [0.15, 0.2) is 18.2 Å². The van der Waals surface area contributed by atoms with Gasteiger partial charge in [0.2, 0.25) is 0 Å². The lowest BCUT2D eigenvalue weighted by atomic mass is 10.3. The summed E-state index contributed by atoms with van der Waals surface area (Å²) in [7, 11) is 0. The Hall–Kier alpha value is -1.13. The molecule has 2 aromatic rings. The van der Waals surface area contributed by atoms with Crippen molar-refractivity contribution in [3.8, 4) is 0 Å². The molecule has 3 nitrogen and oxygen atoms in total. The molecule has 0 amide bonds. The SMILES string of the molecule is CC(Cl)c1nc2c(F)cccc2n1CCN1CCCC1. The van der Waals surface area contributed by atoms with E-state index in [9.17, 15) is 4.39 Å². The van der Waals surface area contributed by atoms with Crippen LogP contribution in [0, 0.1) is 5.82 Å². The van der Waals surface area contributed by atoms with Gasteiger partial charge >= 0.3 is 0 Å². The summed E-state index contributed by atoms with van der Waals surface area (Å²) < 4.78 is 15.9. The van der Waals surface area contributed by atoms with Crippen LogP contribution in [0.2, 0.25) is 0 Å². The van der Waals surface area contributed by atoms with Crippen molar-refractivity contribution in [2.45, 2.75) is 31.7 Å². The van der Waals surface area contributed by atoms with Crippen LogP contribution in [0.3, 0.4) is 0 Å². The molecule has 1 unspecified atom stereocenters. The highest BCUT2D eigenvalue weighted by Gasteiger charge is 2.18. The van der Waals surface area contributed by atoms with E-state index in [1.807, 2.05) is 13.0 Å². The first-order valence-corrected chi connectivity index (χ1v) is 7.61. The van der Waals surface area contributed by atoms with E-state index in [0.29, 0.717) is 5.52 Å². The molecule has 0 aliphatic carbocycles. The second-order valence-corrected chi connectivity index (χ2v) is 6.05. The number of rotatable bonds is 4. The number of likely N-dealkylation sites (tertiary alicyclic amines) is 1. The van der Waals surface area contributed by atoms with Crippen LogP contribution < -0.4 is 0 Å². The standard InChI is InChI=1S/C15H19ClFN3/c1-11(16)15-18-14-12(17)5-4-6-13(14)20(15)10-9-19-7-2-3-8-19/h4-6,11H,2-3,7-10H2,1H3. The third-order valence-electron chi connectivity index (χ3n) is 3.95. The Bertz CT molecular complexity index is 602. The molecule has 1 saturated heterocycles. The molecule has 1 aliphatic rings. The Kier molecular flexibility index (Phi) is 3.94. The van der Waals surface area contributed by atoms with Gasteiger partial charge in [-0.15, -0.1) is 11.6 Å². The van der Waals surface area contributed by atoms with Gasteiger partial charge in [-0.05, 0) is 45.0 Å². The van der Waals surface area contributed by atoms with Crippen LogP contribution in [0.5, 0.6) is 0 Å². The van der Waals surface area contributed by atoms with E-state index in [4.69, 9.17) is 11.6 Å². The Morgan fingerprint density at radius 3 is 2.75 bits per heavy atom. The lowest BCUT2D eigenvalue weighted by molar-refractivity contribution is 0.322. The highest BCUT2D eigenvalue weighted by Crippen LogP contribution is 2.26. The van der Waals surface area contributed by atoms with Crippen molar-refractivity contribution in [3.63, 3.8) is 0 Å². The molecular weight excluding hydrogens is 277 g/mol. The summed E-state index contributed by atoms with van der Waals surface area (Å²) in [5.41, 5.74) is 1.27. The van der Waals surface area contributed by atoms with Gasteiger partial charge in [0.15, 0.2) is 5.82 Å². The number of benzene rings is 1. The highest BCUT2D eigenvalue weighted by atomic mass is 35.5. The molecule has 1 atom stereocenters. The monoisotopic (exact) mass is 295 g/mol. The Balaban J connectivity index is 1.94. The average molecular weight is 296 g/mol. The average Bonchev–Trinajstić information content (AvgIpc) is 3.03. The van der Waals surface area contributed by atoms with Crippen molar-refractivity contribution in [3.05, 3.63) is 29.8 Å². The Morgan fingerprint density at radius 2 is 2.05 bits per heavy atom. The molecule has 1 aliphatic heterocycles. The minimum Gasteiger partial charge on any atom is -0.325 e. The van der Waals surface area contributed by atoms with E-state index in [1.54, 1.807) is 6.07 Å². The number of nitrogens with zero attached hydrogens (tertiary/aromatic N) is 3. The minimum atomic E-state index is -0.277. The van der Waals surface area contributed by atoms with Gasteiger partial charge in [-0.3, -0.25) is 0 Å². The lowest BCUT2D eigenvalue weighted by Gasteiger charge is -2.17. The van der Waals surface area contributed by atoms with Crippen LogP contribution in [0.1, 0.15) is 31.0 Å². The number of halogens is 2. The molecule has 3 rings (SSSR count). The molecule has 0 spiro atoms. The van der Waals surface area contributed by atoms with E-state index in [0.717, 1.165) is 37.5 Å². The molecule has 5 heteroatoms. The van der Waals surface area contributed by atoms with E-state index < -0.39 is 0 Å². The molecule has 0 bridgehead atoms. The second-order valence-electron chi connectivity index (χ2n) is 5.39. The first-order chi connectivity index (χ1) is 9.66. The van der Waals surface area contributed by atoms with E-state index >= 15 is 0 Å². The number of para-hydroxylation sites is 1. The summed E-state index contributed by atoms with van der Waals surface area (Å²) in [4.78, 5) is 6.83. The normalized spacial score (nSPS) is 17.9. The number of fused-ring (bicyclic) bond motifs is 1. The zero-order valence-corrected chi connectivity index (χ0v) is 12.4. The molecule has 0 saturated carbocycles. The summed E-state index contributed by atoms with van der Waals surface area (Å²) in [6, 6.07) is 5.09. The van der Waals surface area contributed by atoms with Crippen molar-refractivity contribution in [2.75, 3.05) is 19.6 Å². The number of imidazole rings is 1. The summed E-state index contributed by atoms with van der Waals surface area (Å²) in [6.45, 7) is 5.98. The molecular formula is C15H19ClFN3. The number of aromatic nitrogens is 2. The molecule has 0 radical (unpaired) electrons. The predicted octanol–water partition coefficient (Wildman–Crippen LogP) is 3.57. The fourth-order valence-corrected chi connectivity index (χ4v) is 3.08. The van der Waals surface area contributed by atoms with Gasteiger partial charge in [-0.2, -0.15) is 0 Å². The fourth-order valence-electron chi connectivity index (χ4n) is 2.92. The molecule has 0 N–H and O–H groups in total. The van der Waals surface area contributed by atoms with Crippen LogP contribution in [0.4, 0.5) is 4.39 Å². The van der Waals surface area contributed by atoms with Gasteiger partial charge in [0.25, 0.3) is 0 Å². The van der Waals surface area contributed by atoms with Gasteiger partial charge in [-0.1, -0.05) is 6.07 Å². The lowest BCUT2D eigenvalue weighted by Crippen LogP contribution is -2.24. The first kappa shape index (κ1) is 13.8. The third kappa shape index (κ3) is 2.54. The highest BCUT2D eigenvalue weighted by molar-refractivity contribution is 6.20. The van der Waals surface area contributed by atoms with Crippen molar-refractivity contribution in [1.82, 2.24) is 14.5 Å². The van der Waals surface area contributed by atoms with Crippen LogP contribution in [-0.4, -0.2) is 34.1 Å². The molecule has 1 aromatic carbocycles. The van der Waals surface area contributed by atoms with Crippen molar-refractivity contribution >= 4 is 22.6 Å². The molecule has 2 heterocycles. The van der Waals surface area contributed by atoms with Gasteiger partial charge in [0, 0.05) is 13.1 Å². The van der Waals surface area contributed by atoms with Gasteiger partial charge in [0.1, 0.15) is 11.3 Å². The number of hydrogen-bond donors (Lipinski definition) is 0. The summed E-state index contributed by atoms with van der Waals surface area (Å²) >= 11 is 6.21. The summed E-state index contributed by atoms with van der Waals surface area (Å²) in [5.74, 6) is 0.479. The molecule has 1 aromatic heterocycles. The molecule has 20 heavy (non-hydrogen) atoms. The van der Waals surface area contributed by atoms with Crippen molar-refractivity contribution in [2.24, 2.45) is 0 Å². The maximum Gasteiger partial charge on any atom is 0.151 e. The van der Waals surface area contributed by atoms with Gasteiger partial charge < -0.3 is 9.47 Å². The van der Waals surface area contributed by atoms with Gasteiger partial charge in [0.05, 0.1) is 10.9 Å². The van der Waals surface area contributed by atoms with Crippen LogP contribution in [0.25, 0.3) is 11.0 Å².